The predicted molar refractivity (Wildman–Crippen MR) is 160 cm³/mol. The van der Waals surface area contributed by atoms with Gasteiger partial charge < -0.3 is 10.0 Å². The van der Waals surface area contributed by atoms with Crippen LogP contribution in [0.3, 0.4) is 0 Å². The van der Waals surface area contributed by atoms with Crippen molar-refractivity contribution < 1.29 is 9.90 Å². The number of thiazole rings is 1. The fourth-order valence-electron chi connectivity index (χ4n) is 3.70. The van der Waals surface area contributed by atoms with Crippen LogP contribution < -0.4 is 4.90 Å². The number of rotatable bonds is 11. The molecule has 2 aromatic carbocycles. The number of benzene rings is 2. The van der Waals surface area contributed by atoms with Crippen molar-refractivity contribution in [1.29, 1.82) is 5.26 Å². The molecular weight excluding hydrogens is 550 g/mol. The minimum absolute atomic E-state index is 0. The molecule has 0 aliphatic carbocycles. The van der Waals surface area contributed by atoms with Crippen LogP contribution in [0.25, 0.3) is 11.1 Å². The van der Waals surface area contributed by atoms with Gasteiger partial charge in [0.2, 0.25) is 5.95 Å². The third-order valence-electron chi connectivity index (χ3n) is 6.06. The zero-order valence-electron chi connectivity index (χ0n) is 22.0. The molecule has 4 aromatic rings. The lowest BCUT2D eigenvalue weighted by molar-refractivity contribution is -0.138. The summed E-state index contributed by atoms with van der Waals surface area (Å²) in [5.41, 5.74) is 5.82. The maximum atomic E-state index is 11.5. The van der Waals surface area contributed by atoms with Crippen LogP contribution in [0.5, 0.6) is 0 Å². The van der Waals surface area contributed by atoms with Gasteiger partial charge in [0.15, 0.2) is 4.34 Å². The molecule has 0 saturated heterocycles. The van der Waals surface area contributed by atoms with E-state index in [0.717, 1.165) is 38.7 Å². The third-order valence-corrected chi connectivity index (χ3v) is 8.23. The number of anilines is 1. The van der Waals surface area contributed by atoms with Gasteiger partial charge in [0.25, 0.3) is 0 Å². The van der Waals surface area contributed by atoms with Crippen LogP contribution in [0.4, 0.5) is 5.95 Å². The first kappa shape index (κ1) is 30.1. The van der Waals surface area contributed by atoms with E-state index in [1.165, 1.54) is 23.1 Å². The maximum Gasteiger partial charge on any atom is 0.319 e. The fraction of sp³-hybridized carbons (Fsp3) is 0.276. The molecule has 1 N–H and O–H groups in total. The molecule has 0 saturated carbocycles. The normalized spacial score (nSPS) is 10.9. The molecule has 0 unspecified atom stereocenters. The number of hydrogen-bond donors (Lipinski definition) is 1. The van der Waals surface area contributed by atoms with E-state index in [0.29, 0.717) is 31.0 Å². The van der Waals surface area contributed by atoms with Crippen LogP contribution in [0.2, 0.25) is 0 Å². The molecule has 4 rings (SSSR count). The molecule has 0 amide bonds. The molecule has 0 aliphatic heterocycles. The number of nitriles is 1. The van der Waals surface area contributed by atoms with E-state index < -0.39 is 10.7 Å². The number of carboxylic acid groups (broad SMARTS) is 1. The van der Waals surface area contributed by atoms with Crippen molar-refractivity contribution in [3.05, 3.63) is 88.7 Å². The smallest absolute Gasteiger partial charge is 0.319 e. The summed E-state index contributed by atoms with van der Waals surface area (Å²) in [7, 11) is 0. The molecule has 2 heterocycles. The number of carboxylic acids is 1. The van der Waals surface area contributed by atoms with E-state index in [1.807, 2.05) is 36.0 Å². The Morgan fingerprint density at radius 3 is 2.46 bits per heavy atom. The van der Waals surface area contributed by atoms with E-state index in [4.69, 9.17) is 0 Å². The number of thioether (sulfide) groups is 1. The van der Waals surface area contributed by atoms with Crippen molar-refractivity contribution >= 4 is 47.4 Å². The number of aryl methyl sites for hydroxylation is 1. The van der Waals surface area contributed by atoms with Crippen molar-refractivity contribution in [3.63, 3.8) is 0 Å². The second-order valence-electron chi connectivity index (χ2n) is 9.33. The first-order valence-electron chi connectivity index (χ1n) is 12.3. The number of hydrogen-bond acceptors (Lipinski definition) is 8. The zero-order chi connectivity index (χ0) is 27.1. The summed E-state index contributed by atoms with van der Waals surface area (Å²) < 4.78 is -0.184. The number of aromatic nitrogens is 3. The highest BCUT2D eigenvalue weighted by Crippen LogP contribution is 2.34. The molecule has 2 aromatic heterocycles. The first-order valence-corrected chi connectivity index (χ1v) is 14.0. The van der Waals surface area contributed by atoms with Crippen molar-refractivity contribution in [1.82, 2.24) is 15.0 Å². The van der Waals surface area contributed by atoms with Crippen LogP contribution in [-0.2, 0) is 24.2 Å². The highest BCUT2D eigenvalue weighted by molar-refractivity contribution is 8.03. The van der Waals surface area contributed by atoms with Gasteiger partial charge in [0, 0.05) is 37.3 Å². The Hall–Kier alpha value is -3.45. The minimum atomic E-state index is -0.932. The van der Waals surface area contributed by atoms with Crippen LogP contribution in [0.1, 0.15) is 43.2 Å². The van der Waals surface area contributed by atoms with Gasteiger partial charge in [0.05, 0.1) is 17.3 Å². The lowest BCUT2D eigenvalue weighted by Gasteiger charge is -2.23. The van der Waals surface area contributed by atoms with E-state index in [-0.39, 0.29) is 12.4 Å². The summed E-state index contributed by atoms with van der Waals surface area (Å²) in [5, 5.41) is 20.6. The average Bonchev–Trinajstić information content (AvgIpc) is 3.37. The minimum Gasteiger partial charge on any atom is -0.480 e. The Balaban J connectivity index is 0.00000420. The van der Waals surface area contributed by atoms with Gasteiger partial charge in [-0.1, -0.05) is 55.1 Å². The van der Waals surface area contributed by atoms with Crippen molar-refractivity contribution in [3.8, 4) is 17.2 Å². The van der Waals surface area contributed by atoms with Gasteiger partial charge in [-0.05, 0) is 54.7 Å². The molecule has 0 fully saturated rings. The van der Waals surface area contributed by atoms with E-state index in [9.17, 15) is 15.2 Å². The molecule has 0 atom stereocenters. The fourth-order valence-corrected chi connectivity index (χ4v) is 5.92. The molecule has 0 bridgehead atoms. The standard InChI is InChI=1S/C29H29N5O2S2.ClH/c1-4-20-16-31-27(32-17-20)34(13-12-25-19-37-28(33-25)38-29(2,3)26(35)36)18-21-8-10-23(11-9-21)24-7-5-6-22(14-24)15-30;/h5-11,14,16-17,19H,4,12-13,18H2,1-3H3,(H,35,36);1H. The lowest BCUT2D eigenvalue weighted by Crippen LogP contribution is -2.27. The van der Waals surface area contributed by atoms with Crippen molar-refractivity contribution in [2.45, 2.75) is 49.2 Å². The third kappa shape index (κ3) is 8.02. The number of aliphatic carboxylic acids is 1. The summed E-state index contributed by atoms with van der Waals surface area (Å²) in [6.07, 6.45) is 5.29. The number of carbonyl (C=O) groups is 1. The summed E-state index contributed by atoms with van der Waals surface area (Å²) in [6.45, 7) is 6.74. The summed E-state index contributed by atoms with van der Waals surface area (Å²) >= 11 is 2.74. The van der Waals surface area contributed by atoms with E-state index in [1.54, 1.807) is 19.9 Å². The predicted octanol–water partition coefficient (Wildman–Crippen LogP) is 6.66. The van der Waals surface area contributed by atoms with Gasteiger partial charge in [-0.15, -0.1) is 23.7 Å². The average molecular weight is 580 g/mol. The Labute approximate surface area is 243 Å². The Kier molecular flexibility index (Phi) is 10.5. The molecule has 0 spiro atoms. The Morgan fingerprint density at radius 1 is 1.10 bits per heavy atom. The first-order chi connectivity index (χ1) is 18.3. The van der Waals surface area contributed by atoms with Crippen LogP contribution in [0.15, 0.2) is 70.6 Å². The Bertz CT molecular complexity index is 1430. The summed E-state index contributed by atoms with van der Waals surface area (Å²) in [4.78, 5) is 27.5. The highest BCUT2D eigenvalue weighted by atomic mass is 35.5. The van der Waals surface area contributed by atoms with Gasteiger partial charge in [-0.3, -0.25) is 4.79 Å². The molecular formula is C29H30ClN5O2S2. The summed E-state index contributed by atoms with van der Waals surface area (Å²) in [6, 6.07) is 18.1. The largest absolute Gasteiger partial charge is 0.480 e. The van der Waals surface area contributed by atoms with Gasteiger partial charge in [-0.2, -0.15) is 5.26 Å². The van der Waals surface area contributed by atoms with Crippen LogP contribution in [-0.4, -0.2) is 37.3 Å². The molecule has 0 radical (unpaired) electrons. The quantitative estimate of drug-likeness (QED) is 0.197. The topological polar surface area (TPSA) is 103 Å². The maximum absolute atomic E-state index is 11.5. The molecule has 0 aliphatic rings. The van der Waals surface area contributed by atoms with E-state index >= 15 is 0 Å². The van der Waals surface area contributed by atoms with Crippen LogP contribution >= 0.6 is 35.5 Å². The second kappa shape index (κ2) is 13.6. The van der Waals surface area contributed by atoms with E-state index in [2.05, 4.69) is 57.1 Å². The highest BCUT2D eigenvalue weighted by Gasteiger charge is 2.29. The van der Waals surface area contributed by atoms with Crippen molar-refractivity contribution in [2.24, 2.45) is 0 Å². The number of nitrogens with zero attached hydrogens (tertiary/aromatic N) is 5. The van der Waals surface area contributed by atoms with Gasteiger partial charge in [0.1, 0.15) is 4.75 Å². The monoisotopic (exact) mass is 579 g/mol. The van der Waals surface area contributed by atoms with Gasteiger partial charge >= 0.3 is 5.97 Å². The molecule has 39 heavy (non-hydrogen) atoms. The second-order valence-corrected chi connectivity index (χ2v) is 12.1. The van der Waals surface area contributed by atoms with Crippen LogP contribution in [0, 0.1) is 11.3 Å². The SMILES string of the molecule is CCc1cnc(N(CCc2csc(SC(C)(C)C(=O)O)n2)Cc2ccc(-c3cccc(C#N)c3)cc2)nc1.Cl. The summed E-state index contributed by atoms with van der Waals surface area (Å²) in [5.74, 6) is -0.202. The molecule has 10 heteroatoms. The molecule has 202 valence electrons. The van der Waals surface area contributed by atoms with Gasteiger partial charge in [-0.25, -0.2) is 15.0 Å². The molecule has 7 nitrogen and oxygen atoms in total. The Morgan fingerprint density at radius 2 is 1.82 bits per heavy atom. The zero-order valence-corrected chi connectivity index (χ0v) is 24.4. The number of halogens is 1. The van der Waals surface area contributed by atoms with Crippen molar-refractivity contribution in [2.75, 3.05) is 11.4 Å². The lowest BCUT2D eigenvalue weighted by atomic mass is 10.0.